The van der Waals surface area contributed by atoms with Gasteiger partial charge in [0.25, 0.3) is 23.6 Å². The summed E-state index contributed by atoms with van der Waals surface area (Å²) in [5.74, 6) is -8.27. The second-order valence-corrected chi connectivity index (χ2v) is 4.38. The lowest BCUT2D eigenvalue weighted by molar-refractivity contribution is -0.184. The van der Waals surface area contributed by atoms with E-state index in [0.29, 0.717) is 0 Å². The van der Waals surface area contributed by atoms with Crippen molar-refractivity contribution in [3.05, 3.63) is 24.3 Å². The molecular formula is C12H8N2O8. The van der Waals surface area contributed by atoms with Gasteiger partial charge in [0, 0.05) is 24.3 Å². The van der Waals surface area contributed by atoms with Crippen molar-refractivity contribution in [2.75, 3.05) is 0 Å². The van der Waals surface area contributed by atoms with Crippen LogP contribution in [0.15, 0.2) is 24.3 Å². The molecule has 0 unspecified atom stereocenters. The van der Waals surface area contributed by atoms with Crippen LogP contribution in [0.1, 0.15) is 6.42 Å². The van der Waals surface area contributed by atoms with E-state index in [1.165, 1.54) is 0 Å². The number of amides is 4. The highest BCUT2D eigenvalue weighted by molar-refractivity contribution is 6.20. The molecule has 0 aromatic rings. The maximum absolute atomic E-state index is 11.8. The van der Waals surface area contributed by atoms with Gasteiger partial charge in [0.1, 0.15) is 0 Å². The van der Waals surface area contributed by atoms with Gasteiger partial charge in [0.05, 0.1) is 6.42 Å². The van der Waals surface area contributed by atoms with Gasteiger partial charge in [-0.25, -0.2) is 14.6 Å². The average Bonchev–Trinajstić information content (AvgIpc) is 2.91. The first-order valence-corrected chi connectivity index (χ1v) is 5.79. The lowest BCUT2D eigenvalue weighted by Gasteiger charge is -2.40. The van der Waals surface area contributed by atoms with Crippen molar-refractivity contribution >= 4 is 35.6 Å². The van der Waals surface area contributed by atoms with Crippen molar-refractivity contribution in [2.24, 2.45) is 0 Å². The molecule has 10 nitrogen and oxygen atoms in total. The van der Waals surface area contributed by atoms with E-state index in [9.17, 15) is 33.9 Å². The third kappa shape index (κ3) is 1.97. The van der Waals surface area contributed by atoms with Gasteiger partial charge in [-0.1, -0.05) is 0 Å². The highest BCUT2D eigenvalue weighted by Crippen LogP contribution is 2.31. The molecule has 0 aromatic heterocycles. The molecule has 0 atom stereocenters. The average molecular weight is 308 g/mol. The molecule has 2 aliphatic heterocycles. The monoisotopic (exact) mass is 308 g/mol. The number of carbonyl (C=O) groups is 6. The predicted molar refractivity (Wildman–Crippen MR) is 64.6 cm³/mol. The smallest absolute Gasteiger partial charge is 0.352 e. The molecule has 4 amide bonds. The Hall–Kier alpha value is -3.30. The standard InChI is InChI=1S/C12H8N2O8/c15-6-1-2-7(16)13(6)12(11(21)22,5-10(19)20)14-8(17)3-4-9(14)18/h1-4H,5H2,(H,19,20)(H,21,22). The molecular weight excluding hydrogens is 300 g/mol. The van der Waals surface area contributed by atoms with Gasteiger partial charge in [-0.05, 0) is 0 Å². The van der Waals surface area contributed by atoms with Gasteiger partial charge in [-0.3, -0.25) is 24.0 Å². The van der Waals surface area contributed by atoms with Gasteiger partial charge >= 0.3 is 11.9 Å². The van der Waals surface area contributed by atoms with Crippen LogP contribution in [-0.2, 0) is 28.8 Å². The Morgan fingerprint density at radius 3 is 1.36 bits per heavy atom. The fourth-order valence-corrected chi connectivity index (χ4v) is 2.27. The van der Waals surface area contributed by atoms with Crippen molar-refractivity contribution in [1.82, 2.24) is 9.80 Å². The van der Waals surface area contributed by atoms with E-state index in [1.54, 1.807) is 0 Å². The number of carboxylic acids is 2. The number of hydrogen-bond acceptors (Lipinski definition) is 6. The molecule has 0 spiro atoms. The molecule has 114 valence electrons. The van der Waals surface area contributed by atoms with E-state index in [1.807, 2.05) is 0 Å². The fraction of sp³-hybridized carbons (Fsp3) is 0.167. The molecule has 0 aliphatic carbocycles. The summed E-state index contributed by atoms with van der Waals surface area (Å²) in [6, 6.07) is 0. The Kier molecular flexibility index (Phi) is 3.37. The lowest BCUT2D eigenvalue weighted by Crippen LogP contribution is -2.69. The van der Waals surface area contributed by atoms with E-state index in [-0.39, 0.29) is 9.80 Å². The molecule has 2 rings (SSSR count). The van der Waals surface area contributed by atoms with Crippen LogP contribution in [0.2, 0.25) is 0 Å². The molecule has 10 heteroatoms. The molecule has 0 radical (unpaired) electrons. The van der Waals surface area contributed by atoms with Crippen LogP contribution < -0.4 is 0 Å². The number of hydrogen-bond donors (Lipinski definition) is 2. The van der Waals surface area contributed by atoms with Crippen molar-refractivity contribution in [1.29, 1.82) is 0 Å². The molecule has 0 saturated carbocycles. The second kappa shape index (κ2) is 4.91. The Labute approximate surface area is 121 Å². The highest BCUT2D eigenvalue weighted by atomic mass is 16.4. The Bertz CT molecular complexity index is 611. The molecule has 22 heavy (non-hydrogen) atoms. The molecule has 2 aliphatic rings. The first kappa shape index (κ1) is 15.1. The quantitative estimate of drug-likeness (QED) is 0.559. The highest BCUT2D eigenvalue weighted by Gasteiger charge is 2.60. The SMILES string of the molecule is O=C(O)CC(C(=O)O)(N1C(=O)C=CC1=O)N1C(=O)C=CC1=O. The fourth-order valence-electron chi connectivity index (χ4n) is 2.27. The van der Waals surface area contributed by atoms with E-state index in [0.717, 1.165) is 24.3 Å². The van der Waals surface area contributed by atoms with E-state index < -0.39 is 47.7 Å². The predicted octanol–water partition coefficient (Wildman–Crippen LogP) is -1.91. The summed E-state index contributed by atoms with van der Waals surface area (Å²) in [6.07, 6.45) is 1.54. The van der Waals surface area contributed by atoms with Gasteiger partial charge < -0.3 is 10.2 Å². The molecule has 2 N–H and O–H groups in total. The normalized spacial score (nSPS) is 17.8. The number of rotatable bonds is 5. The summed E-state index contributed by atoms with van der Waals surface area (Å²) in [4.78, 5) is 70.0. The van der Waals surface area contributed by atoms with E-state index in [2.05, 4.69) is 0 Å². The topological polar surface area (TPSA) is 149 Å². The minimum atomic E-state index is -2.97. The second-order valence-electron chi connectivity index (χ2n) is 4.38. The maximum Gasteiger partial charge on any atom is 0.352 e. The van der Waals surface area contributed by atoms with Crippen LogP contribution in [0.5, 0.6) is 0 Å². The summed E-state index contributed by atoms with van der Waals surface area (Å²) in [5.41, 5.74) is -2.97. The number of aliphatic carboxylic acids is 2. The van der Waals surface area contributed by atoms with E-state index in [4.69, 9.17) is 5.11 Å². The minimum absolute atomic E-state index is 0.0756. The zero-order chi connectivity index (χ0) is 16.7. The van der Waals surface area contributed by atoms with Crippen LogP contribution in [0.25, 0.3) is 0 Å². The van der Waals surface area contributed by atoms with Gasteiger partial charge in [-0.15, -0.1) is 0 Å². The van der Waals surface area contributed by atoms with Crippen LogP contribution >= 0.6 is 0 Å². The number of imide groups is 2. The number of carbonyl (C=O) groups excluding carboxylic acids is 4. The summed E-state index contributed by atoms with van der Waals surface area (Å²) in [7, 11) is 0. The summed E-state index contributed by atoms with van der Waals surface area (Å²) < 4.78 is 0. The first-order valence-electron chi connectivity index (χ1n) is 5.79. The Morgan fingerprint density at radius 1 is 0.818 bits per heavy atom. The maximum atomic E-state index is 11.8. The Balaban J connectivity index is 2.67. The van der Waals surface area contributed by atoms with Crippen LogP contribution in [0, 0.1) is 0 Å². The molecule has 0 saturated heterocycles. The third-order valence-corrected chi connectivity index (χ3v) is 3.10. The van der Waals surface area contributed by atoms with Crippen LogP contribution in [0.4, 0.5) is 0 Å². The van der Waals surface area contributed by atoms with Gasteiger partial charge in [-0.2, -0.15) is 0 Å². The molecule has 0 aromatic carbocycles. The summed E-state index contributed by atoms with van der Waals surface area (Å²) in [5, 5.41) is 18.4. The summed E-state index contributed by atoms with van der Waals surface area (Å²) in [6.45, 7) is 0. The number of carboxylic acid groups (broad SMARTS) is 2. The van der Waals surface area contributed by atoms with Crippen molar-refractivity contribution < 1.29 is 39.0 Å². The van der Waals surface area contributed by atoms with Crippen molar-refractivity contribution in [2.45, 2.75) is 12.1 Å². The third-order valence-electron chi connectivity index (χ3n) is 3.10. The minimum Gasteiger partial charge on any atom is -0.481 e. The van der Waals surface area contributed by atoms with Crippen LogP contribution in [-0.4, -0.2) is 61.2 Å². The molecule has 0 fully saturated rings. The largest absolute Gasteiger partial charge is 0.481 e. The van der Waals surface area contributed by atoms with Gasteiger partial charge in [0.15, 0.2) is 0 Å². The Morgan fingerprint density at radius 2 is 1.14 bits per heavy atom. The lowest BCUT2D eigenvalue weighted by atomic mass is 10.0. The summed E-state index contributed by atoms with van der Waals surface area (Å²) >= 11 is 0. The van der Waals surface area contributed by atoms with Crippen molar-refractivity contribution in [3.63, 3.8) is 0 Å². The zero-order valence-electron chi connectivity index (χ0n) is 10.8. The molecule has 0 bridgehead atoms. The zero-order valence-corrected chi connectivity index (χ0v) is 10.8. The van der Waals surface area contributed by atoms with E-state index >= 15 is 0 Å². The first-order chi connectivity index (χ1) is 10.2. The number of nitrogens with zero attached hydrogens (tertiary/aromatic N) is 2. The van der Waals surface area contributed by atoms with Crippen LogP contribution in [0.3, 0.4) is 0 Å². The van der Waals surface area contributed by atoms with Crippen molar-refractivity contribution in [3.8, 4) is 0 Å². The molecule has 2 heterocycles. The van der Waals surface area contributed by atoms with Gasteiger partial charge in [0.2, 0.25) is 5.66 Å².